The van der Waals surface area contributed by atoms with Gasteiger partial charge in [-0.3, -0.25) is 14.5 Å². The molecule has 2 fully saturated rings. The second-order valence-corrected chi connectivity index (χ2v) is 8.64. The molecule has 2 N–H and O–H groups in total. The van der Waals surface area contributed by atoms with E-state index in [1.807, 2.05) is 0 Å². The monoisotopic (exact) mass is 421 g/mol. The highest BCUT2D eigenvalue weighted by Gasteiger charge is 2.31. The van der Waals surface area contributed by atoms with Crippen molar-refractivity contribution in [3.63, 3.8) is 0 Å². The Morgan fingerprint density at radius 2 is 1.55 bits per heavy atom. The summed E-state index contributed by atoms with van der Waals surface area (Å²) in [7, 11) is 1.60. The molecule has 0 bridgehead atoms. The number of likely N-dealkylation sites (tertiary alicyclic amines) is 1. The number of benzene rings is 2. The number of carbonyl (C=O) groups excluding carboxylic acids is 2. The maximum atomic E-state index is 12.5. The van der Waals surface area contributed by atoms with Crippen LogP contribution in [0.15, 0.2) is 48.5 Å². The topological polar surface area (TPSA) is 70.7 Å². The van der Waals surface area contributed by atoms with Crippen LogP contribution in [0, 0.1) is 11.8 Å². The fourth-order valence-corrected chi connectivity index (χ4v) is 4.81. The number of amides is 2. The molecule has 164 valence electrons. The third-order valence-electron chi connectivity index (χ3n) is 6.52. The van der Waals surface area contributed by atoms with Gasteiger partial charge in [-0.05, 0) is 79.8 Å². The number of hydrogen-bond donors (Lipinski definition) is 2. The third kappa shape index (κ3) is 5.64. The molecule has 4 rings (SSSR count). The predicted molar refractivity (Wildman–Crippen MR) is 123 cm³/mol. The Bertz CT molecular complexity index is 895. The fourth-order valence-electron chi connectivity index (χ4n) is 4.81. The Hall–Kier alpha value is -2.86. The first kappa shape index (κ1) is 21.4. The Labute approximate surface area is 184 Å². The molecule has 0 aromatic heterocycles. The predicted octanol–water partition coefficient (Wildman–Crippen LogP) is 4.40. The number of ether oxygens (including phenoxy) is 1. The van der Waals surface area contributed by atoms with Crippen LogP contribution in [0.5, 0.6) is 5.75 Å². The minimum Gasteiger partial charge on any atom is -0.497 e. The van der Waals surface area contributed by atoms with Crippen molar-refractivity contribution in [2.45, 2.75) is 32.1 Å². The lowest BCUT2D eigenvalue weighted by atomic mass is 9.75. The average molecular weight is 422 g/mol. The van der Waals surface area contributed by atoms with E-state index >= 15 is 0 Å². The van der Waals surface area contributed by atoms with Crippen molar-refractivity contribution in [2.75, 3.05) is 37.4 Å². The van der Waals surface area contributed by atoms with Gasteiger partial charge in [-0.2, -0.15) is 0 Å². The van der Waals surface area contributed by atoms with Crippen LogP contribution in [-0.4, -0.2) is 43.5 Å². The lowest BCUT2D eigenvalue weighted by molar-refractivity contribution is -0.118. The summed E-state index contributed by atoms with van der Waals surface area (Å²) in [4.78, 5) is 27.2. The number of piperidine rings is 1. The average Bonchev–Trinajstić information content (AvgIpc) is 2.80. The lowest BCUT2D eigenvalue weighted by Crippen LogP contribution is -2.44. The highest BCUT2D eigenvalue weighted by atomic mass is 16.5. The van der Waals surface area contributed by atoms with Gasteiger partial charge in [0.05, 0.1) is 13.7 Å². The second kappa shape index (κ2) is 9.96. The summed E-state index contributed by atoms with van der Waals surface area (Å²) in [6.07, 6.45) is 6.59. The molecule has 1 aliphatic heterocycles. The van der Waals surface area contributed by atoms with Crippen molar-refractivity contribution in [1.29, 1.82) is 0 Å². The third-order valence-corrected chi connectivity index (χ3v) is 6.52. The van der Waals surface area contributed by atoms with Gasteiger partial charge in [0.25, 0.3) is 5.91 Å². The number of nitrogens with one attached hydrogen (secondary N) is 2. The van der Waals surface area contributed by atoms with Gasteiger partial charge in [0, 0.05) is 23.5 Å². The molecule has 6 heteroatoms. The zero-order valence-corrected chi connectivity index (χ0v) is 18.1. The van der Waals surface area contributed by atoms with E-state index in [1.54, 1.807) is 55.6 Å². The fraction of sp³-hybridized carbons (Fsp3) is 0.440. The zero-order valence-electron chi connectivity index (χ0n) is 18.1. The van der Waals surface area contributed by atoms with Crippen molar-refractivity contribution in [3.05, 3.63) is 54.1 Å². The van der Waals surface area contributed by atoms with Crippen LogP contribution in [0.4, 0.5) is 11.4 Å². The zero-order chi connectivity index (χ0) is 21.6. The number of anilines is 2. The van der Waals surface area contributed by atoms with Gasteiger partial charge in [0.2, 0.25) is 5.91 Å². The minimum atomic E-state index is -0.196. The van der Waals surface area contributed by atoms with Gasteiger partial charge in [-0.1, -0.05) is 19.3 Å². The van der Waals surface area contributed by atoms with Crippen molar-refractivity contribution >= 4 is 23.2 Å². The standard InChI is InChI=1S/C25H31N3O3/c1-31-23-12-10-22(11-13-23)27-25(30)19-6-8-21(9-7-19)26-24(29)17-28-15-14-18-4-2-3-5-20(18)16-28/h6-13,18,20H,2-5,14-17H2,1H3,(H,26,29)(H,27,30)/t18-,20-/m1/s1. The first-order valence-corrected chi connectivity index (χ1v) is 11.2. The number of methoxy groups -OCH3 is 1. The van der Waals surface area contributed by atoms with E-state index in [0.717, 1.165) is 30.7 Å². The Morgan fingerprint density at radius 1 is 0.903 bits per heavy atom. The number of fused-ring (bicyclic) bond motifs is 1. The van der Waals surface area contributed by atoms with Crippen molar-refractivity contribution in [2.24, 2.45) is 11.8 Å². The van der Waals surface area contributed by atoms with Crippen LogP contribution in [0.1, 0.15) is 42.5 Å². The van der Waals surface area contributed by atoms with E-state index in [2.05, 4.69) is 15.5 Å². The van der Waals surface area contributed by atoms with E-state index in [4.69, 9.17) is 4.74 Å². The van der Waals surface area contributed by atoms with Gasteiger partial charge in [0.15, 0.2) is 0 Å². The summed E-state index contributed by atoms with van der Waals surface area (Å²) in [5.41, 5.74) is 1.94. The summed E-state index contributed by atoms with van der Waals surface area (Å²) >= 11 is 0. The van der Waals surface area contributed by atoms with Gasteiger partial charge in [0.1, 0.15) is 5.75 Å². The van der Waals surface area contributed by atoms with Crippen LogP contribution in [0.3, 0.4) is 0 Å². The largest absolute Gasteiger partial charge is 0.497 e. The van der Waals surface area contributed by atoms with Gasteiger partial charge < -0.3 is 15.4 Å². The van der Waals surface area contributed by atoms with Crippen LogP contribution in [-0.2, 0) is 4.79 Å². The SMILES string of the molecule is COc1ccc(NC(=O)c2ccc(NC(=O)CN3CC[C@H]4CCCC[C@@H]4C3)cc2)cc1. The molecule has 2 aromatic rings. The Kier molecular flexibility index (Phi) is 6.87. The van der Waals surface area contributed by atoms with Crippen molar-refractivity contribution < 1.29 is 14.3 Å². The molecule has 0 radical (unpaired) electrons. The smallest absolute Gasteiger partial charge is 0.255 e. The molecule has 1 aliphatic carbocycles. The molecule has 2 amide bonds. The van der Waals surface area contributed by atoms with Gasteiger partial charge in [-0.25, -0.2) is 0 Å². The van der Waals surface area contributed by atoms with Crippen LogP contribution >= 0.6 is 0 Å². The molecular weight excluding hydrogens is 390 g/mol. The van der Waals surface area contributed by atoms with Crippen LogP contribution < -0.4 is 15.4 Å². The Balaban J connectivity index is 1.26. The molecule has 0 spiro atoms. The molecule has 2 aliphatic rings. The number of hydrogen-bond acceptors (Lipinski definition) is 4. The molecule has 2 atom stereocenters. The van der Waals surface area contributed by atoms with Gasteiger partial charge in [-0.15, -0.1) is 0 Å². The van der Waals surface area contributed by atoms with Crippen molar-refractivity contribution in [3.8, 4) is 5.75 Å². The van der Waals surface area contributed by atoms with Gasteiger partial charge >= 0.3 is 0 Å². The number of nitrogens with zero attached hydrogens (tertiary/aromatic N) is 1. The van der Waals surface area contributed by atoms with Crippen LogP contribution in [0.25, 0.3) is 0 Å². The summed E-state index contributed by atoms with van der Waals surface area (Å²) in [5, 5.41) is 5.82. The highest BCUT2D eigenvalue weighted by molar-refractivity contribution is 6.04. The molecule has 0 unspecified atom stereocenters. The van der Waals surface area contributed by atoms with E-state index in [9.17, 15) is 9.59 Å². The summed E-state index contributed by atoms with van der Waals surface area (Å²) in [6.45, 7) is 2.49. The molecule has 1 heterocycles. The van der Waals surface area contributed by atoms with E-state index < -0.39 is 0 Å². The lowest BCUT2D eigenvalue weighted by Gasteiger charge is -2.41. The van der Waals surface area contributed by atoms with Crippen molar-refractivity contribution in [1.82, 2.24) is 4.90 Å². The molecular formula is C25H31N3O3. The van der Waals surface area contributed by atoms with Crippen LogP contribution in [0.2, 0.25) is 0 Å². The summed E-state index contributed by atoms with van der Waals surface area (Å²) < 4.78 is 5.12. The molecule has 1 saturated carbocycles. The van der Waals surface area contributed by atoms with E-state index in [1.165, 1.54) is 32.1 Å². The summed E-state index contributed by atoms with van der Waals surface area (Å²) in [5.74, 6) is 2.17. The number of carbonyl (C=O) groups is 2. The first-order chi connectivity index (χ1) is 15.1. The highest BCUT2D eigenvalue weighted by Crippen LogP contribution is 2.35. The molecule has 1 saturated heterocycles. The molecule has 6 nitrogen and oxygen atoms in total. The Morgan fingerprint density at radius 3 is 2.26 bits per heavy atom. The van der Waals surface area contributed by atoms with E-state index in [0.29, 0.717) is 23.5 Å². The minimum absolute atomic E-state index is 0.00435. The number of rotatable bonds is 6. The maximum Gasteiger partial charge on any atom is 0.255 e. The first-order valence-electron chi connectivity index (χ1n) is 11.2. The normalized spacial score (nSPS) is 21.1. The molecule has 31 heavy (non-hydrogen) atoms. The van der Waals surface area contributed by atoms with E-state index in [-0.39, 0.29) is 11.8 Å². The second-order valence-electron chi connectivity index (χ2n) is 8.64. The molecule has 2 aromatic carbocycles. The summed E-state index contributed by atoms with van der Waals surface area (Å²) in [6, 6.07) is 14.2. The quantitative estimate of drug-likeness (QED) is 0.725. The maximum absolute atomic E-state index is 12.5.